The van der Waals surface area contributed by atoms with Crippen molar-refractivity contribution in [1.29, 1.82) is 10.5 Å². The lowest BCUT2D eigenvalue weighted by Crippen LogP contribution is -2.12. The number of halogens is 3. The molecule has 0 aliphatic heterocycles. The molecule has 16 heavy (non-hydrogen) atoms. The lowest BCUT2D eigenvalue weighted by atomic mass is 10.0. The summed E-state index contributed by atoms with van der Waals surface area (Å²) in [5.41, 5.74) is -2.31. The van der Waals surface area contributed by atoms with Gasteiger partial charge in [0.25, 0.3) is 0 Å². The molecular weight excluding hydrogens is 217 g/mol. The number of hydrogen-bond donors (Lipinski definition) is 0. The van der Waals surface area contributed by atoms with Gasteiger partial charge >= 0.3 is 6.18 Å². The lowest BCUT2D eigenvalue weighted by molar-refractivity contribution is -0.0691. The van der Waals surface area contributed by atoms with Crippen molar-refractivity contribution < 1.29 is 13.2 Å². The zero-order valence-electron chi connectivity index (χ0n) is 7.92. The van der Waals surface area contributed by atoms with E-state index in [1.807, 2.05) is 0 Å². The molecule has 0 heterocycles. The standard InChI is InChI=1S/C11H5F3N2/c12-11(13,14)10(9(6-15)7-16)8-4-2-1-3-5-8/h1-5H. The van der Waals surface area contributed by atoms with Crippen LogP contribution in [0.15, 0.2) is 35.9 Å². The summed E-state index contributed by atoms with van der Waals surface area (Å²) in [5, 5.41) is 17.0. The molecular formula is C11H5F3N2. The topological polar surface area (TPSA) is 47.6 Å². The number of rotatable bonds is 1. The van der Waals surface area contributed by atoms with E-state index in [1.54, 1.807) is 6.07 Å². The van der Waals surface area contributed by atoms with Crippen LogP contribution in [0.25, 0.3) is 5.57 Å². The highest BCUT2D eigenvalue weighted by Gasteiger charge is 2.37. The first-order valence-electron chi connectivity index (χ1n) is 4.17. The van der Waals surface area contributed by atoms with Crippen molar-refractivity contribution in [2.45, 2.75) is 6.18 Å². The van der Waals surface area contributed by atoms with Crippen molar-refractivity contribution in [2.24, 2.45) is 0 Å². The van der Waals surface area contributed by atoms with E-state index in [1.165, 1.54) is 36.4 Å². The fraction of sp³-hybridized carbons (Fsp3) is 0.0909. The van der Waals surface area contributed by atoms with Gasteiger partial charge in [-0.1, -0.05) is 30.3 Å². The molecule has 0 unspecified atom stereocenters. The first-order valence-corrected chi connectivity index (χ1v) is 4.17. The Kier molecular flexibility index (Phi) is 3.32. The van der Waals surface area contributed by atoms with Crippen LogP contribution in [-0.4, -0.2) is 6.18 Å². The molecule has 0 saturated carbocycles. The minimum atomic E-state index is -4.72. The average Bonchev–Trinajstić information content (AvgIpc) is 2.25. The monoisotopic (exact) mass is 222 g/mol. The van der Waals surface area contributed by atoms with Gasteiger partial charge in [-0.2, -0.15) is 23.7 Å². The Bertz CT molecular complexity index is 471. The van der Waals surface area contributed by atoms with Gasteiger partial charge < -0.3 is 0 Å². The molecule has 0 atom stereocenters. The molecule has 0 amide bonds. The summed E-state index contributed by atoms with van der Waals surface area (Å²) in [4.78, 5) is 0. The second-order valence-electron chi connectivity index (χ2n) is 2.84. The fourth-order valence-corrected chi connectivity index (χ4v) is 1.19. The van der Waals surface area contributed by atoms with Crippen LogP contribution in [-0.2, 0) is 0 Å². The number of nitriles is 2. The summed E-state index contributed by atoms with van der Waals surface area (Å²) in [5.74, 6) is 0. The third kappa shape index (κ3) is 2.40. The van der Waals surface area contributed by atoms with Crippen molar-refractivity contribution in [3.8, 4) is 12.1 Å². The summed E-state index contributed by atoms with van der Waals surface area (Å²) in [6, 6.07) is 9.29. The number of hydrogen-bond acceptors (Lipinski definition) is 2. The van der Waals surface area contributed by atoms with Gasteiger partial charge in [-0.05, 0) is 5.56 Å². The molecule has 0 N–H and O–H groups in total. The van der Waals surface area contributed by atoms with Crippen LogP contribution < -0.4 is 0 Å². The van der Waals surface area contributed by atoms with Gasteiger partial charge in [-0.3, -0.25) is 0 Å². The van der Waals surface area contributed by atoms with Crippen molar-refractivity contribution in [2.75, 3.05) is 0 Å². The molecule has 1 aromatic rings. The molecule has 1 aromatic carbocycles. The minimum absolute atomic E-state index is 0.187. The van der Waals surface area contributed by atoms with Crippen molar-refractivity contribution in [1.82, 2.24) is 0 Å². The van der Waals surface area contributed by atoms with Crippen LogP contribution in [0.3, 0.4) is 0 Å². The zero-order valence-corrected chi connectivity index (χ0v) is 7.92. The number of allylic oxidation sites excluding steroid dienone is 2. The van der Waals surface area contributed by atoms with E-state index in [0.717, 1.165) is 0 Å². The Labute approximate surface area is 89.8 Å². The van der Waals surface area contributed by atoms with Gasteiger partial charge in [0.2, 0.25) is 0 Å². The Balaban J connectivity index is 3.49. The molecule has 5 heteroatoms. The quantitative estimate of drug-likeness (QED) is 0.685. The van der Waals surface area contributed by atoms with Gasteiger partial charge in [0, 0.05) is 0 Å². The number of alkyl halides is 3. The van der Waals surface area contributed by atoms with Crippen LogP contribution in [0, 0.1) is 22.7 Å². The van der Waals surface area contributed by atoms with Crippen molar-refractivity contribution in [3.05, 3.63) is 41.5 Å². The normalized spacial score (nSPS) is 10.1. The molecule has 0 fully saturated rings. The maximum absolute atomic E-state index is 12.7. The second kappa shape index (κ2) is 4.50. The maximum atomic E-state index is 12.7. The zero-order chi connectivity index (χ0) is 12.2. The number of benzene rings is 1. The number of nitrogens with zero attached hydrogens (tertiary/aromatic N) is 2. The summed E-state index contributed by atoms with van der Waals surface area (Å²) in [6.45, 7) is 0. The smallest absolute Gasteiger partial charge is 0.192 e. The van der Waals surface area contributed by atoms with Crippen LogP contribution in [0.2, 0.25) is 0 Å². The molecule has 80 valence electrons. The Morgan fingerprint density at radius 1 is 1.00 bits per heavy atom. The molecule has 1 rings (SSSR count). The van der Waals surface area contributed by atoms with E-state index in [0.29, 0.717) is 0 Å². The molecule has 0 bridgehead atoms. The highest BCUT2D eigenvalue weighted by atomic mass is 19.4. The highest BCUT2D eigenvalue weighted by molar-refractivity contribution is 5.78. The fourth-order valence-electron chi connectivity index (χ4n) is 1.19. The predicted octanol–water partition coefficient (Wildman–Crippen LogP) is 3.05. The molecule has 0 radical (unpaired) electrons. The Morgan fingerprint density at radius 3 is 1.88 bits per heavy atom. The average molecular weight is 222 g/mol. The van der Waals surface area contributed by atoms with E-state index in [-0.39, 0.29) is 5.56 Å². The van der Waals surface area contributed by atoms with E-state index in [2.05, 4.69) is 0 Å². The van der Waals surface area contributed by atoms with Crippen LogP contribution in [0.5, 0.6) is 0 Å². The molecule has 0 saturated heterocycles. The molecule has 0 aliphatic carbocycles. The van der Waals surface area contributed by atoms with Crippen LogP contribution in [0.1, 0.15) is 5.56 Å². The third-order valence-electron chi connectivity index (χ3n) is 1.82. The Hall–Kier alpha value is -2.27. The van der Waals surface area contributed by atoms with Gasteiger partial charge in [-0.15, -0.1) is 0 Å². The van der Waals surface area contributed by atoms with Gasteiger partial charge in [-0.25, -0.2) is 0 Å². The maximum Gasteiger partial charge on any atom is 0.418 e. The summed E-state index contributed by atoms with van der Waals surface area (Å²) in [6.07, 6.45) is -4.72. The van der Waals surface area contributed by atoms with Crippen LogP contribution in [0.4, 0.5) is 13.2 Å². The second-order valence-corrected chi connectivity index (χ2v) is 2.84. The lowest BCUT2D eigenvalue weighted by Gasteiger charge is -2.11. The summed E-state index contributed by atoms with van der Waals surface area (Å²) in [7, 11) is 0. The molecule has 0 spiro atoms. The summed E-state index contributed by atoms with van der Waals surface area (Å²) >= 11 is 0. The largest absolute Gasteiger partial charge is 0.418 e. The van der Waals surface area contributed by atoms with Gasteiger partial charge in [0.15, 0.2) is 0 Å². The van der Waals surface area contributed by atoms with Gasteiger partial charge in [0.05, 0.1) is 5.57 Å². The molecule has 0 aliphatic rings. The van der Waals surface area contributed by atoms with E-state index < -0.39 is 17.3 Å². The first kappa shape index (κ1) is 11.8. The molecule has 2 nitrogen and oxygen atoms in total. The highest BCUT2D eigenvalue weighted by Crippen LogP contribution is 2.35. The SMILES string of the molecule is N#CC(C#N)=C(c1ccccc1)C(F)(F)F. The minimum Gasteiger partial charge on any atom is -0.192 e. The van der Waals surface area contributed by atoms with Crippen molar-refractivity contribution in [3.63, 3.8) is 0 Å². The third-order valence-corrected chi connectivity index (χ3v) is 1.82. The van der Waals surface area contributed by atoms with Crippen molar-refractivity contribution >= 4 is 5.57 Å². The van der Waals surface area contributed by atoms with E-state index in [4.69, 9.17) is 10.5 Å². The van der Waals surface area contributed by atoms with E-state index >= 15 is 0 Å². The summed E-state index contributed by atoms with van der Waals surface area (Å²) < 4.78 is 38.0. The van der Waals surface area contributed by atoms with Gasteiger partial charge in [0.1, 0.15) is 17.7 Å². The predicted molar refractivity (Wildman–Crippen MR) is 50.6 cm³/mol. The van der Waals surface area contributed by atoms with E-state index in [9.17, 15) is 13.2 Å². The van der Waals surface area contributed by atoms with Crippen LogP contribution >= 0.6 is 0 Å². The molecule has 0 aromatic heterocycles. The Morgan fingerprint density at radius 2 is 1.50 bits per heavy atom. The first-order chi connectivity index (χ1) is 7.50.